The van der Waals surface area contributed by atoms with Crippen molar-refractivity contribution in [1.82, 2.24) is 14.8 Å². The second-order valence-corrected chi connectivity index (χ2v) is 9.86. The lowest BCUT2D eigenvalue weighted by Crippen LogP contribution is -2.14. The highest BCUT2D eigenvalue weighted by Crippen LogP contribution is 2.30. The molecule has 4 aromatic rings. The number of methoxy groups -OCH3 is 1. The van der Waals surface area contributed by atoms with Crippen LogP contribution in [0.25, 0.3) is 15.3 Å². The highest BCUT2D eigenvalue weighted by atomic mass is 32.2. The molecule has 0 saturated heterocycles. The molecule has 1 amide bonds. The minimum Gasteiger partial charge on any atom is -0.497 e. The Bertz CT molecular complexity index is 1250. The van der Waals surface area contributed by atoms with Crippen LogP contribution in [0.4, 0.5) is 5.82 Å². The number of aromatic nitrogens is 3. The molecule has 0 aliphatic rings. The van der Waals surface area contributed by atoms with E-state index in [1.807, 2.05) is 37.3 Å². The molecule has 0 fully saturated rings. The number of benzene rings is 2. The second-order valence-electron chi connectivity index (χ2n) is 7.68. The first kappa shape index (κ1) is 22.4. The van der Waals surface area contributed by atoms with Crippen LogP contribution in [0, 0.1) is 20.8 Å². The molecule has 32 heavy (non-hydrogen) atoms. The Balaban J connectivity index is 1.38. The minimum atomic E-state index is -0.0189. The van der Waals surface area contributed by atoms with Gasteiger partial charge in [-0.05, 0) is 74.4 Å². The summed E-state index contributed by atoms with van der Waals surface area (Å²) in [5.41, 5.74) is 4.17. The molecule has 0 aliphatic heterocycles. The SMILES string of the molecule is COc1ccc(SCCCC(=O)Nc2cc(C)nn2-c2nc3c(C)cc(C)cc3s2)cc1. The fourth-order valence-electron chi connectivity index (χ4n) is 3.48. The number of thiazole rings is 1. The summed E-state index contributed by atoms with van der Waals surface area (Å²) in [7, 11) is 1.66. The molecule has 0 bridgehead atoms. The fraction of sp³-hybridized carbons (Fsp3) is 0.292. The van der Waals surface area contributed by atoms with Gasteiger partial charge in [0.05, 0.1) is 23.0 Å². The number of amides is 1. The largest absolute Gasteiger partial charge is 0.497 e. The summed E-state index contributed by atoms with van der Waals surface area (Å²) in [6.45, 7) is 6.07. The molecule has 6 nitrogen and oxygen atoms in total. The number of nitrogens with one attached hydrogen (secondary N) is 1. The van der Waals surface area contributed by atoms with Crippen molar-refractivity contribution in [2.45, 2.75) is 38.5 Å². The number of ether oxygens (including phenoxy) is 1. The van der Waals surface area contributed by atoms with Crippen LogP contribution in [-0.4, -0.2) is 33.5 Å². The fourth-order valence-corrected chi connectivity index (χ4v) is 5.44. The van der Waals surface area contributed by atoms with Gasteiger partial charge in [-0.1, -0.05) is 17.4 Å². The Morgan fingerprint density at radius 2 is 1.94 bits per heavy atom. The van der Waals surface area contributed by atoms with E-state index < -0.39 is 0 Å². The van der Waals surface area contributed by atoms with Crippen molar-refractivity contribution in [2.75, 3.05) is 18.2 Å². The maximum Gasteiger partial charge on any atom is 0.225 e. The number of nitrogens with zero attached hydrogens (tertiary/aromatic N) is 3. The summed E-state index contributed by atoms with van der Waals surface area (Å²) in [5, 5.41) is 8.34. The van der Waals surface area contributed by atoms with Crippen molar-refractivity contribution in [3.8, 4) is 10.9 Å². The summed E-state index contributed by atoms with van der Waals surface area (Å²) in [6, 6.07) is 14.1. The Morgan fingerprint density at radius 3 is 2.69 bits per heavy atom. The topological polar surface area (TPSA) is 69.0 Å². The summed E-state index contributed by atoms with van der Waals surface area (Å²) in [6.07, 6.45) is 1.24. The molecule has 0 unspecified atom stereocenters. The summed E-state index contributed by atoms with van der Waals surface area (Å²) in [4.78, 5) is 18.5. The second kappa shape index (κ2) is 9.75. The molecule has 4 rings (SSSR count). The smallest absolute Gasteiger partial charge is 0.225 e. The first-order valence-corrected chi connectivity index (χ1v) is 12.2. The molecule has 1 N–H and O–H groups in total. The molecule has 0 radical (unpaired) electrons. The van der Waals surface area contributed by atoms with Crippen LogP contribution in [0.2, 0.25) is 0 Å². The van der Waals surface area contributed by atoms with Crippen molar-refractivity contribution >= 4 is 45.0 Å². The third kappa shape index (κ3) is 5.14. The number of rotatable bonds is 8. The van der Waals surface area contributed by atoms with Crippen LogP contribution in [-0.2, 0) is 4.79 Å². The molecule has 8 heteroatoms. The van der Waals surface area contributed by atoms with Crippen molar-refractivity contribution in [2.24, 2.45) is 0 Å². The molecular formula is C24H26N4O2S2. The van der Waals surface area contributed by atoms with Gasteiger partial charge in [0.15, 0.2) is 0 Å². The first-order chi connectivity index (χ1) is 15.4. The minimum absolute atomic E-state index is 0.0189. The van der Waals surface area contributed by atoms with Crippen molar-refractivity contribution in [1.29, 1.82) is 0 Å². The van der Waals surface area contributed by atoms with E-state index in [1.165, 1.54) is 10.5 Å². The van der Waals surface area contributed by atoms with Gasteiger partial charge < -0.3 is 10.1 Å². The van der Waals surface area contributed by atoms with Crippen molar-refractivity contribution in [3.63, 3.8) is 0 Å². The molecule has 2 aromatic carbocycles. The molecule has 166 valence electrons. The lowest BCUT2D eigenvalue weighted by molar-refractivity contribution is -0.116. The van der Waals surface area contributed by atoms with Gasteiger partial charge in [0.25, 0.3) is 0 Å². The van der Waals surface area contributed by atoms with E-state index >= 15 is 0 Å². The maximum atomic E-state index is 12.6. The first-order valence-electron chi connectivity index (χ1n) is 10.4. The van der Waals surface area contributed by atoms with Crippen LogP contribution in [0.5, 0.6) is 5.75 Å². The normalized spacial score (nSPS) is 11.1. The van der Waals surface area contributed by atoms with E-state index in [9.17, 15) is 4.79 Å². The summed E-state index contributed by atoms with van der Waals surface area (Å²) in [5.74, 6) is 2.35. The monoisotopic (exact) mass is 466 g/mol. The highest BCUT2D eigenvalue weighted by molar-refractivity contribution is 7.99. The van der Waals surface area contributed by atoms with Gasteiger partial charge in [-0.3, -0.25) is 4.79 Å². The van der Waals surface area contributed by atoms with Gasteiger partial charge >= 0.3 is 0 Å². The zero-order valence-corrected chi connectivity index (χ0v) is 20.3. The number of aryl methyl sites for hydroxylation is 3. The van der Waals surface area contributed by atoms with E-state index in [0.29, 0.717) is 12.2 Å². The molecule has 0 atom stereocenters. The van der Waals surface area contributed by atoms with E-state index in [1.54, 1.807) is 34.9 Å². The summed E-state index contributed by atoms with van der Waals surface area (Å²) >= 11 is 3.32. The zero-order chi connectivity index (χ0) is 22.7. The number of hydrogen-bond donors (Lipinski definition) is 1. The Hall–Kier alpha value is -2.84. The van der Waals surface area contributed by atoms with Crippen LogP contribution >= 0.6 is 23.1 Å². The standard InChI is InChI=1S/C24H26N4O2S2/c1-15-12-16(2)23-20(13-15)32-24(26-23)28-21(14-17(3)27-28)25-22(29)6-5-11-31-19-9-7-18(30-4)8-10-19/h7-10,12-14H,5-6,11H2,1-4H3,(H,25,29). The van der Waals surface area contributed by atoms with Crippen LogP contribution in [0.15, 0.2) is 47.4 Å². The molecule has 0 saturated carbocycles. The number of anilines is 1. The van der Waals surface area contributed by atoms with Gasteiger partial charge in [0.1, 0.15) is 11.6 Å². The van der Waals surface area contributed by atoms with E-state index in [4.69, 9.17) is 9.72 Å². The molecule has 2 aromatic heterocycles. The van der Waals surface area contributed by atoms with Gasteiger partial charge in [-0.25, -0.2) is 4.98 Å². The van der Waals surface area contributed by atoms with Gasteiger partial charge in [0, 0.05) is 17.4 Å². The Labute approximate surface area is 196 Å². The van der Waals surface area contributed by atoms with Crippen LogP contribution in [0.3, 0.4) is 0 Å². The van der Waals surface area contributed by atoms with Gasteiger partial charge in [-0.15, -0.1) is 11.8 Å². The number of carbonyl (C=O) groups is 1. The third-order valence-electron chi connectivity index (χ3n) is 4.98. The third-order valence-corrected chi connectivity index (χ3v) is 7.05. The number of hydrogen-bond acceptors (Lipinski definition) is 6. The van der Waals surface area contributed by atoms with E-state index in [0.717, 1.165) is 44.5 Å². The lowest BCUT2D eigenvalue weighted by Gasteiger charge is -2.07. The van der Waals surface area contributed by atoms with Gasteiger partial charge in [-0.2, -0.15) is 9.78 Å². The molecular weight excluding hydrogens is 440 g/mol. The average Bonchev–Trinajstić information content (AvgIpc) is 3.34. The Morgan fingerprint density at radius 1 is 1.16 bits per heavy atom. The van der Waals surface area contributed by atoms with Crippen molar-refractivity contribution in [3.05, 3.63) is 59.3 Å². The predicted octanol–water partition coefficient (Wildman–Crippen LogP) is 5.93. The lowest BCUT2D eigenvalue weighted by atomic mass is 10.1. The molecule has 0 spiro atoms. The number of thioether (sulfide) groups is 1. The molecule has 0 aliphatic carbocycles. The molecule has 2 heterocycles. The quantitative estimate of drug-likeness (QED) is 0.258. The number of carbonyl (C=O) groups excluding carboxylic acids is 1. The maximum absolute atomic E-state index is 12.6. The predicted molar refractivity (Wildman–Crippen MR) is 133 cm³/mol. The average molecular weight is 467 g/mol. The summed E-state index contributed by atoms with van der Waals surface area (Å²) < 4.78 is 8.04. The van der Waals surface area contributed by atoms with E-state index in [-0.39, 0.29) is 5.91 Å². The number of fused-ring (bicyclic) bond motifs is 1. The van der Waals surface area contributed by atoms with Crippen LogP contribution < -0.4 is 10.1 Å². The zero-order valence-electron chi connectivity index (χ0n) is 18.6. The van der Waals surface area contributed by atoms with Crippen LogP contribution in [0.1, 0.15) is 29.7 Å². The highest BCUT2D eigenvalue weighted by Gasteiger charge is 2.15. The Kier molecular flexibility index (Phi) is 6.81. The van der Waals surface area contributed by atoms with Crippen molar-refractivity contribution < 1.29 is 9.53 Å². The van der Waals surface area contributed by atoms with Gasteiger partial charge in [0.2, 0.25) is 11.0 Å². The van der Waals surface area contributed by atoms with E-state index in [2.05, 4.69) is 36.4 Å².